The third kappa shape index (κ3) is 6.34. The fraction of sp³-hybridized carbons (Fsp3) is 0. The van der Waals surface area contributed by atoms with Gasteiger partial charge in [-0.25, -0.2) is 0 Å². The number of rotatable bonds is 8. The van der Waals surface area contributed by atoms with Crippen LogP contribution in [-0.4, -0.2) is 0 Å². The molecule has 0 fully saturated rings. The molecule has 0 saturated heterocycles. The topological polar surface area (TPSA) is 16.4 Å². The summed E-state index contributed by atoms with van der Waals surface area (Å²) in [5.41, 5.74) is 14.6. The van der Waals surface area contributed by atoms with Crippen molar-refractivity contribution in [1.82, 2.24) is 0 Å². The second kappa shape index (κ2) is 14.4. The van der Waals surface area contributed by atoms with Gasteiger partial charge in [0, 0.05) is 27.9 Å². The van der Waals surface area contributed by atoms with Gasteiger partial charge in [-0.15, -0.1) is 0 Å². The molecule has 0 radical (unpaired) electrons. The fourth-order valence-corrected chi connectivity index (χ4v) is 7.84. The number of nitrogens with zero attached hydrogens (tertiary/aromatic N) is 1. The van der Waals surface area contributed by atoms with Gasteiger partial charge >= 0.3 is 0 Å². The Balaban J connectivity index is 1.06. The first-order chi connectivity index (χ1) is 27.7. The predicted octanol–water partition coefficient (Wildman–Crippen LogP) is 15.4. The van der Waals surface area contributed by atoms with E-state index < -0.39 is 0 Å². The van der Waals surface area contributed by atoms with E-state index >= 15 is 0 Å². The lowest BCUT2D eigenvalue weighted by Crippen LogP contribution is -2.11. The second-order valence-electron chi connectivity index (χ2n) is 14.1. The molecule has 0 unspecified atom stereocenters. The van der Waals surface area contributed by atoms with E-state index in [0.29, 0.717) is 0 Å². The number of furan rings is 1. The Labute approximate surface area is 327 Å². The molecule has 0 N–H and O–H groups in total. The molecule has 0 aliphatic rings. The molecule has 0 amide bonds. The lowest BCUT2D eigenvalue weighted by Gasteiger charge is -2.28. The first kappa shape index (κ1) is 33.2. The molecule has 2 heteroatoms. The molecule has 56 heavy (non-hydrogen) atoms. The van der Waals surface area contributed by atoms with Gasteiger partial charge in [0.2, 0.25) is 0 Å². The van der Waals surface area contributed by atoms with E-state index in [4.69, 9.17) is 4.42 Å². The lowest BCUT2D eigenvalue weighted by molar-refractivity contribution is 0.632. The maximum Gasteiger partial charge on any atom is 0.136 e. The molecular weight excluding hydrogens is 679 g/mol. The minimum Gasteiger partial charge on any atom is -0.456 e. The van der Waals surface area contributed by atoms with Crippen LogP contribution in [0.4, 0.5) is 17.1 Å². The van der Waals surface area contributed by atoms with E-state index in [2.05, 4.69) is 211 Å². The van der Waals surface area contributed by atoms with Crippen molar-refractivity contribution < 1.29 is 4.42 Å². The Bertz CT molecular complexity index is 2910. The zero-order valence-electron chi connectivity index (χ0n) is 30.7. The van der Waals surface area contributed by atoms with Gasteiger partial charge in [0.25, 0.3) is 0 Å². The van der Waals surface area contributed by atoms with Crippen molar-refractivity contribution in [2.24, 2.45) is 0 Å². The van der Waals surface area contributed by atoms with Crippen LogP contribution in [0.25, 0.3) is 77.6 Å². The average Bonchev–Trinajstić information content (AvgIpc) is 3.72. The zero-order valence-corrected chi connectivity index (χ0v) is 30.7. The van der Waals surface area contributed by atoms with Crippen molar-refractivity contribution in [2.45, 2.75) is 0 Å². The number of hydrogen-bond acceptors (Lipinski definition) is 2. The highest BCUT2D eigenvalue weighted by Gasteiger charge is 2.19. The molecule has 1 heterocycles. The summed E-state index contributed by atoms with van der Waals surface area (Å²) in [6.07, 6.45) is 0. The number of hydrogen-bond donors (Lipinski definition) is 0. The highest BCUT2D eigenvalue weighted by Crippen LogP contribution is 2.43. The van der Waals surface area contributed by atoms with Crippen molar-refractivity contribution in [3.8, 4) is 55.8 Å². The highest BCUT2D eigenvalue weighted by molar-refractivity contribution is 5.92. The van der Waals surface area contributed by atoms with Crippen molar-refractivity contribution in [2.75, 3.05) is 4.90 Å². The maximum absolute atomic E-state index is 6.34. The Morgan fingerprint density at radius 3 is 1.50 bits per heavy atom. The smallest absolute Gasteiger partial charge is 0.136 e. The Morgan fingerprint density at radius 1 is 0.286 bits per heavy atom. The maximum atomic E-state index is 6.34. The molecule has 1 aromatic heterocycles. The Kier molecular flexibility index (Phi) is 8.55. The molecule has 264 valence electrons. The minimum atomic E-state index is 0.867. The van der Waals surface area contributed by atoms with Crippen LogP contribution in [0.1, 0.15) is 0 Å². The van der Waals surface area contributed by atoms with Gasteiger partial charge in [0.15, 0.2) is 0 Å². The highest BCUT2D eigenvalue weighted by atomic mass is 16.3. The fourth-order valence-electron chi connectivity index (χ4n) is 7.84. The number of fused-ring (bicyclic) bond motifs is 2. The van der Waals surface area contributed by atoms with Crippen molar-refractivity contribution >= 4 is 38.8 Å². The van der Waals surface area contributed by atoms with Crippen molar-refractivity contribution in [3.05, 3.63) is 224 Å². The first-order valence-corrected chi connectivity index (χ1v) is 19.1. The van der Waals surface area contributed by atoms with E-state index in [1.807, 2.05) is 18.2 Å². The summed E-state index contributed by atoms with van der Waals surface area (Å²) in [6.45, 7) is 0. The van der Waals surface area contributed by atoms with Crippen LogP contribution in [0.3, 0.4) is 0 Å². The van der Waals surface area contributed by atoms with Gasteiger partial charge in [-0.3, -0.25) is 0 Å². The SMILES string of the molecule is c1ccc(-c2ccc(-c3ccccc3N(c3ccc(-c4ccc5ccccc5c4)cc3)c3ccc(-c4ccccc4-c4cc5ccccc5o4)cc3)cc2)cc1. The van der Waals surface area contributed by atoms with Crippen LogP contribution in [0.5, 0.6) is 0 Å². The third-order valence-electron chi connectivity index (χ3n) is 10.7. The standard InChI is InChI=1S/C54H37NO/c1-2-12-38(13-3-1)40-22-25-43(26-23-40)50-18-9-10-20-52(50)55(47-32-28-41(29-33-47)45-27-24-39-14-4-5-15-44(39)36-45)48-34-30-42(31-35-48)49-17-7-8-19-51(49)54-37-46-16-6-11-21-53(46)56-54/h1-37H. The van der Waals surface area contributed by atoms with Crippen LogP contribution < -0.4 is 4.90 Å². The second-order valence-corrected chi connectivity index (χ2v) is 14.1. The molecule has 2 nitrogen and oxygen atoms in total. The number of anilines is 3. The number of para-hydroxylation sites is 2. The molecule has 0 saturated carbocycles. The Morgan fingerprint density at radius 2 is 0.768 bits per heavy atom. The normalized spacial score (nSPS) is 11.2. The van der Waals surface area contributed by atoms with Crippen LogP contribution in [0.2, 0.25) is 0 Å². The number of benzene rings is 9. The summed E-state index contributed by atoms with van der Waals surface area (Å²) < 4.78 is 6.34. The molecule has 0 spiro atoms. The van der Waals surface area contributed by atoms with E-state index in [9.17, 15) is 0 Å². The van der Waals surface area contributed by atoms with Crippen LogP contribution in [-0.2, 0) is 0 Å². The van der Waals surface area contributed by atoms with Crippen LogP contribution >= 0.6 is 0 Å². The summed E-state index contributed by atoms with van der Waals surface area (Å²) >= 11 is 0. The van der Waals surface area contributed by atoms with Crippen molar-refractivity contribution in [3.63, 3.8) is 0 Å². The lowest BCUT2D eigenvalue weighted by atomic mass is 9.96. The Hall–Kier alpha value is -7.42. The molecular formula is C54H37NO. The van der Waals surface area contributed by atoms with E-state index in [1.165, 1.54) is 33.0 Å². The van der Waals surface area contributed by atoms with Crippen LogP contribution in [0, 0.1) is 0 Å². The zero-order chi connectivity index (χ0) is 37.3. The molecule has 0 aliphatic heterocycles. The van der Waals surface area contributed by atoms with Gasteiger partial charge in [0.05, 0.1) is 5.69 Å². The van der Waals surface area contributed by atoms with Gasteiger partial charge in [0.1, 0.15) is 11.3 Å². The van der Waals surface area contributed by atoms with E-state index in [1.54, 1.807) is 0 Å². The summed E-state index contributed by atoms with van der Waals surface area (Å²) in [7, 11) is 0. The largest absolute Gasteiger partial charge is 0.456 e. The average molecular weight is 716 g/mol. The van der Waals surface area contributed by atoms with Gasteiger partial charge < -0.3 is 9.32 Å². The molecule has 9 aromatic carbocycles. The van der Waals surface area contributed by atoms with Crippen molar-refractivity contribution in [1.29, 1.82) is 0 Å². The van der Waals surface area contributed by atoms with Crippen LogP contribution in [0.15, 0.2) is 229 Å². The molecule has 0 atom stereocenters. The molecule has 10 rings (SSSR count). The predicted molar refractivity (Wildman–Crippen MR) is 236 cm³/mol. The summed E-state index contributed by atoms with van der Waals surface area (Å²) in [4.78, 5) is 2.37. The van der Waals surface area contributed by atoms with E-state index in [-0.39, 0.29) is 0 Å². The first-order valence-electron chi connectivity index (χ1n) is 19.1. The van der Waals surface area contributed by atoms with Gasteiger partial charge in [-0.1, -0.05) is 176 Å². The van der Waals surface area contributed by atoms with Gasteiger partial charge in [-0.2, -0.15) is 0 Å². The molecule has 0 bridgehead atoms. The minimum absolute atomic E-state index is 0.867. The quantitative estimate of drug-likeness (QED) is 0.156. The summed E-state index contributed by atoms with van der Waals surface area (Å²) in [6, 6.07) is 80.1. The van der Waals surface area contributed by atoms with E-state index in [0.717, 1.165) is 61.6 Å². The van der Waals surface area contributed by atoms with Gasteiger partial charge in [-0.05, 0) is 98.2 Å². The molecule has 0 aliphatic carbocycles. The summed E-state index contributed by atoms with van der Waals surface area (Å²) in [5, 5.41) is 3.59. The third-order valence-corrected chi connectivity index (χ3v) is 10.7. The molecule has 10 aromatic rings. The monoisotopic (exact) mass is 715 g/mol. The summed E-state index contributed by atoms with van der Waals surface area (Å²) in [5.74, 6) is 0.867.